The summed E-state index contributed by atoms with van der Waals surface area (Å²) in [5.74, 6) is 1.11. The first-order valence-electron chi connectivity index (χ1n) is 5.36. The van der Waals surface area contributed by atoms with Crippen LogP contribution in [0.4, 0.5) is 0 Å². The maximum atomic E-state index is 5.44. The molecule has 0 N–H and O–H groups in total. The summed E-state index contributed by atoms with van der Waals surface area (Å²) >= 11 is 0. The van der Waals surface area contributed by atoms with Gasteiger partial charge in [0, 0.05) is 11.7 Å². The Kier molecular flexibility index (Phi) is 3.64. The first-order valence-corrected chi connectivity index (χ1v) is 5.36. The molecule has 2 heteroatoms. The zero-order valence-corrected chi connectivity index (χ0v) is 9.26. The average Bonchev–Trinajstić information content (AvgIpc) is 2.97. The fourth-order valence-corrected chi connectivity index (χ4v) is 1.61. The third-order valence-corrected chi connectivity index (χ3v) is 2.58. The summed E-state index contributed by atoms with van der Waals surface area (Å²) < 4.78 is 5.44. The second-order valence-electron chi connectivity index (χ2n) is 3.41. The van der Waals surface area contributed by atoms with Gasteiger partial charge in [-0.25, -0.2) is 0 Å². The minimum atomic E-state index is 0.842. The summed E-state index contributed by atoms with van der Waals surface area (Å²) in [6.45, 7) is 10.2. The van der Waals surface area contributed by atoms with Crippen LogP contribution in [0.15, 0.2) is 11.5 Å². The van der Waals surface area contributed by atoms with Gasteiger partial charge in [-0.05, 0) is 26.7 Å². The third-order valence-electron chi connectivity index (χ3n) is 2.58. The van der Waals surface area contributed by atoms with Crippen molar-refractivity contribution in [2.75, 3.05) is 13.2 Å². The zero-order chi connectivity index (χ0) is 9.84. The van der Waals surface area contributed by atoms with E-state index in [1.54, 1.807) is 0 Å². The molecular weight excluding hydrogens is 162 g/mol. The van der Waals surface area contributed by atoms with Crippen molar-refractivity contribution in [3.63, 3.8) is 0 Å². The minimum Gasteiger partial charge on any atom is -0.495 e. The molecule has 1 aliphatic carbocycles. The van der Waals surface area contributed by atoms with Gasteiger partial charge in [-0.3, -0.25) is 0 Å². The van der Waals surface area contributed by atoms with Gasteiger partial charge in [0.2, 0.25) is 0 Å². The maximum absolute atomic E-state index is 5.44. The van der Waals surface area contributed by atoms with Crippen molar-refractivity contribution in [3.8, 4) is 0 Å². The van der Waals surface area contributed by atoms with Crippen molar-refractivity contribution in [2.24, 2.45) is 0 Å². The molecule has 0 aromatic heterocycles. The largest absolute Gasteiger partial charge is 0.495 e. The number of allylic oxidation sites excluding steroid dienone is 2. The van der Waals surface area contributed by atoms with Crippen LogP contribution >= 0.6 is 0 Å². The van der Waals surface area contributed by atoms with Crippen molar-refractivity contribution in [2.45, 2.75) is 46.6 Å². The molecule has 2 rings (SSSR count). The molecule has 1 aliphatic heterocycles. The lowest BCUT2D eigenvalue weighted by molar-refractivity contribution is 0.127. The van der Waals surface area contributed by atoms with E-state index in [4.69, 9.17) is 4.74 Å². The lowest BCUT2D eigenvalue weighted by atomic mass is 10.3. The fourth-order valence-electron chi connectivity index (χ4n) is 1.61. The Morgan fingerprint density at radius 1 is 1.23 bits per heavy atom. The standard InChI is InChI=1S/C9H15NO.C2H6/c1-7-8(2)11-6-5-10(7)9-3-4-9;1-2/h9H,3-6H2,1-2H3;1-2H3. The topological polar surface area (TPSA) is 12.5 Å². The van der Waals surface area contributed by atoms with Crippen LogP contribution in [-0.2, 0) is 4.74 Å². The summed E-state index contributed by atoms with van der Waals surface area (Å²) in [6.07, 6.45) is 2.76. The van der Waals surface area contributed by atoms with Crippen LogP contribution in [0.2, 0.25) is 0 Å². The number of hydrogen-bond donors (Lipinski definition) is 0. The van der Waals surface area contributed by atoms with Gasteiger partial charge in [-0.15, -0.1) is 0 Å². The van der Waals surface area contributed by atoms with Crippen molar-refractivity contribution in [1.82, 2.24) is 4.90 Å². The van der Waals surface area contributed by atoms with E-state index >= 15 is 0 Å². The van der Waals surface area contributed by atoms with Crippen LogP contribution in [-0.4, -0.2) is 24.1 Å². The summed E-state index contributed by atoms with van der Waals surface area (Å²) in [5, 5.41) is 0. The van der Waals surface area contributed by atoms with Crippen LogP contribution in [0, 0.1) is 0 Å². The molecule has 0 aromatic rings. The van der Waals surface area contributed by atoms with Crippen LogP contribution in [0.3, 0.4) is 0 Å². The zero-order valence-electron chi connectivity index (χ0n) is 9.26. The highest BCUT2D eigenvalue weighted by Gasteiger charge is 2.31. The van der Waals surface area contributed by atoms with Gasteiger partial charge in [0.25, 0.3) is 0 Å². The summed E-state index contributed by atoms with van der Waals surface area (Å²) in [5.41, 5.74) is 1.35. The molecule has 13 heavy (non-hydrogen) atoms. The summed E-state index contributed by atoms with van der Waals surface area (Å²) in [7, 11) is 0. The van der Waals surface area contributed by atoms with E-state index in [1.807, 2.05) is 13.8 Å². The van der Waals surface area contributed by atoms with E-state index in [1.165, 1.54) is 18.5 Å². The van der Waals surface area contributed by atoms with Gasteiger partial charge in [0.05, 0.1) is 6.54 Å². The SMILES string of the molecule is CC.CC1=C(C)N(C2CC2)CCO1. The Balaban J connectivity index is 0.000000396. The van der Waals surface area contributed by atoms with E-state index in [2.05, 4.69) is 18.7 Å². The number of nitrogens with zero attached hydrogens (tertiary/aromatic N) is 1. The van der Waals surface area contributed by atoms with Gasteiger partial charge >= 0.3 is 0 Å². The first-order chi connectivity index (χ1) is 6.29. The predicted molar refractivity (Wildman–Crippen MR) is 55.4 cm³/mol. The quantitative estimate of drug-likeness (QED) is 0.620. The Bertz CT molecular complexity index is 194. The molecule has 0 amide bonds. The molecule has 2 aliphatic rings. The molecule has 0 atom stereocenters. The van der Waals surface area contributed by atoms with Crippen LogP contribution in [0.25, 0.3) is 0 Å². The van der Waals surface area contributed by atoms with E-state index < -0.39 is 0 Å². The molecule has 0 saturated heterocycles. The molecule has 0 aromatic carbocycles. The van der Waals surface area contributed by atoms with Gasteiger partial charge in [-0.1, -0.05) is 13.8 Å². The number of ether oxygens (including phenoxy) is 1. The predicted octanol–water partition coefficient (Wildman–Crippen LogP) is 2.76. The molecule has 1 fully saturated rings. The lowest BCUT2D eigenvalue weighted by Crippen LogP contribution is -2.32. The molecule has 1 heterocycles. The maximum Gasteiger partial charge on any atom is 0.112 e. The molecule has 0 spiro atoms. The van der Waals surface area contributed by atoms with Crippen molar-refractivity contribution < 1.29 is 4.74 Å². The Labute approximate surface area is 81.6 Å². The van der Waals surface area contributed by atoms with Crippen LogP contribution in [0.1, 0.15) is 40.5 Å². The second kappa shape index (κ2) is 4.54. The first kappa shape index (κ1) is 10.4. The molecule has 0 radical (unpaired) electrons. The summed E-state index contributed by atoms with van der Waals surface area (Å²) in [6, 6.07) is 0.842. The van der Waals surface area contributed by atoms with Crippen molar-refractivity contribution in [3.05, 3.63) is 11.5 Å². The molecule has 76 valence electrons. The highest BCUT2D eigenvalue weighted by molar-refractivity contribution is 5.09. The van der Waals surface area contributed by atoms with Gasteiger partial charge in [-0.2, -0.15) is 0 Å². The summed E-state index contributed by atoms with van der Waals surface area (Å²) in [4.78, 5) is 2.48. The van der Waals surface area contributed by atoms with Crippen molar-refractivity contribution in [1.29, 1.82) is 0 Å². The Hall–Kier alpha value is -0.660. The normalized spacial score (nSPS) is 22.0. The third kappa shape index (κ3) is 2.39. The highest BCUT2D eigenvalue weighted by atomic mass is 16.5. The van der Waals surface area contributed by atoms with Gasteiger partial charge in [0.1, 0.15) is 12.4 Å². The van der Waals surface area contributed by atoms with Crippen LogP contribution in [0.5, 0.6) is 0 Å². The molecule has 0 bridgehead atoms. The lowest BCUT2D eigenvalue weighted by Gasteiger charge is -2.31. The highest BCUT2D eigenvalue weighted by Crippen LogP contribution is 2.32. The average molecular weight is 183 g/mol. The van der Waals surface area contributed by atoms with Gasteiger partial charge in [0.15, 0.2) is 0 Å². The molecule has 0 unspecified atom stereocenters. The fraction of sp³-hybridized carbons (Fsp3) is 0.818. The smallest absolute Gasteiger partial charge is 0.112 e. The van der Waals surface area contributed by atoms with E-state index in [0.717, 1.165) is 25.0 Å². The van der Waals surface area contributed by atoms with Gasteiger partial charge < -0.3 is 9.64 Å². The monoisotopic (exact) mass is 183 g/mol. The molecule has 2 nitrogen and oxygen atoms in total. The Morgan fingerprint density at radius 2 is 1.85 bits per heavy atom. The molecule has 1 saturated carbocycles. The molecular formula is C11H21NO. The van der Waals surface area contributed by atoms with E-state index in [-0.39, 0.29) is 0 Å². The van der Waals surface area contributed by atoms with E-state index in [0.29, 0.717) is 0 Å². The number of rotatable bonds is 1. The Morgan fingerprint density at radius 3 is 2.38 bits per heavy atom. The van der Waals surface area contributed by atoms with Crippen molar-refractivity contribution >= 4 is 0 Å². The van der Waals surface area contributed by atoms with Crippen LogP contribution < -0.4 is 0 Å². The second-order valence-corrected chi connectivity index (χ2v) is 3.41. The van der Waals surface area contributed by atoms with E-state index in [9.17, 15) is 0 Å². The minimum absolute atomic E-state index is 0.842. The number of hydrogen-bond acceptors (Lipinski definition) is 2.